The molecule has 0 unspecified atom stereocenters. The molecular weight excluding hydrogens is 335 g/mol. The van der Waals surface area contributed by atoms with E-state index in [2.05, 4.69) is 25.9 Å². The molecule has 1 aliphatic carbocycles. The maximum atomic E-state index is 6.21. The molecule has 3 rings (SSSR count). The van der Waals surface area contributed by atoms with Crippen LogP contribution in [0.15, 0.2) is 28.7 Å². The Labute approximate surface area is 123 Å². The molecule has 0 aliphatic heterocycles. The molecule has 1 aliphatic rings. The molecule has 5 heteroatoms. The van der Waals surface area contributed by atoms with Gasteiger partial charge in [-0.15, -0.1) is 0 Å². The van der Waals surface area contributed by atoms with Crippen LogP contribution in [0.3, 0.4) is 0 Å². The normalized spacial score (nSPS) is 14.8. The highest BCUT2D eigenvalue weighted by Gasteiger charge is 2.26. The molecule has 1 aromatic heterocycles. The van der Waals surface area contributed by atoms with E-state index in [4.69, 9.17) is 23.2 Å². The molecule has 1 aromatic carbocycles. The maximum absolute atomic E-state index is 6.21. The lowest BCUT2D eigenvalue weighted by Gasteiger charge is -2.06. The van der Waals surface area contributed by atoms with Crippen molar-refractivity contribution in [1.82, 2.24) is 9.97 Å². The Bertz CT molecular complexity index is 612. The Kier molecular flexibility index (Phi) is 3.31. The summed E-state index contributed by atoms with van der Waals surface area (Å²) in [5, 5.41) is 1.09. The zero-order valence-corrected chi connectivity index (χ0v) is 12.4. The summed E-state index contributed by atoms with van der Waals surface area (Å²) in [5.74, 6) is 1.14. The second-order valence-corrected chi connectivity index (χ2v) is 6.05. The first-order valence-corrected chi connectivity index (χ1v) is 7.18. The lowest BCUT2D eigenvalue weighted by Crippen LogP contribution is -1.95. The van der Waals surface area contributed by atoms with E-state index in [0.717, 1.165) is 15.7 Å². The summed E-state index contributed by atoms with van der Waals surface area (Å²) in [6.07, 6.45) is 2.36. The molecule has 18 heavy (non-hydrogen) atoms. The highest BCUT2D eigenvalue weighted by atomic mass is 79.9. The summed E-state index contributed by atoms with van der Waals surface area (Å²) in [5.41, 5.74) is 1.83. The van der Waals surface area contributed by atoms with E-state index in [1.54, 1.807) is 0 Å². The van der Waals surface area contributed by atoms with E-state index in [0.29, 0.717) is 21.9 Å². The number of benzene rings is 1. The summed E-state index contributed by atoms with van der Waals surface area (Å²) in [6, 6.07) is 7.49. The topological polar surface area (TPSA) is 25.8 Å². The largest absolute Gasteiger partial charge is 0.233 e. The third-order valence-corrected chi connectivity index (χ3v) is 3.88. The Balaban J connectivity index is 2.10. The lowest BCUT2D eigenvalue weighted by molar-refractivity contribution is 0.994. The number of rotatable bonds is 2. The van der Waals surface area contributed by atoms with Gasteiger partial charge in [0, 0.05) is 21.6 Å². The number of hydrogen-bond donors (Lipinski definition) is 0. The second-order valence-electron chi connectivity index (χ2n) is 4.34. The summed E-state index contributed by atoms with van der Waals surface area (Å²) < 4.78 is 0.931. The fourth-order valence-electron chi connectivity index (χ4n) is 1.81. The predicted molar refractivity (Wildman–Crippen MR) is 77.2 cm³/mol. The molecule has 92 valence electrons. The Hall–Kier alpha value is -0.640. The first-order chi connectivity index (χ1) is 8.63. The van der Waals surface area contributed by atoms with Crippen LogP contribution in [-0.4, -0.2) is 9.97 Å². The fraction of sp³-hybridized carbons (Fsp3) is 0.231. The van der Waals surface area contributed by atoms with Crippen molar-refractivity contribution in [3.63, 3.8) is 0 Å². The van der Waals surface area contributed by atoms with Crippen molar-refractivity contribution in [1.29, 1.82) is 0 Å². The van der Waals surface area contributed by atoms with Gasteiger partial charge in [-0.2, -0.15) is 0 Å². The summed E-state index contributed by atoms with van der Waals surface area (Å²) in [6.45, 7) is 0. The maximum Gasteiger partial charge on any atom is 0.162 e. The van der Waals surface area contributed by atoms with Crippen molar-refractivity contribution < 1.29 is 0 Å². The average molecular weight is 344 g/mol. The molecule has 0 atom stereocenters. The van der Waals surface area contributed by atoms with Crippen LogP contribution in [0.2, 0.25) is 10.2 Å². The molecule has 1 saturated carbocycles. The van der Waals surface area contributed by atoms with Crippen LogP contribution in [-0.2, 0) is 0 Å². The smallest absolute Gasteiger partial charge is 0.162 e. The van der Waals surface area contributed by atoms with Crippen LogP contribution in [0.25, 0.3) is 11.4 Å². The van der Waals surface area contributed by atoms with Gasteiger partial charge in [-0.05, 0) is 37.1 Å². The standard InChI is InChI=1S/C13H9BrCl2N2/c14-8-3-4-9(10(15)5-8)13-17-11(7-1-2-7)6-12(16)18-13/h3-7H,1-2H2. The van der Waals surface area contributed by atoms with Crippen molar-refractivity contribution in [3.05, 3.63) is 44.6 Å². The van der Waals surface area contributed by atoms with Gasteiger partial charge in [-0.3, -0.25) is 0 Å². The van der Waals surface area contributed by atoms with Gasteiger partial charge in [0.2, 0.25) is 0 Å². The first-order valence-electron chi connectivity index (χ1n) is 5.63. The van der Waals surface area contributed by atoms with Crippen molar-refractivity contribution in [2.45, 2.75) is 18.8 Å². The molecule has 0 spiro atoms. The van der Waals surface area contributed by atoms with E-state index in [-0.39, 0.29) is 0 Å². The van der Waals surface area contributed by atoms with Gasteiger partial charge >= 0.3 is 0 Å². The van der Waals surface area contributed by atoms with Crippen molar-refractivity contribution in [2.24, 2.45) is 0 Å². The van der Waals surface area contributed by atoms with Gasteiger partial charge in [0.05, 0.1) is 5.02 Å². The zero-order chi connectivity index (χ0) is 12.7. The first kappa shape index (κ1) is 12.4. The van der Waals surface area contributed by atoms with Crippen LogP contribution in [0, 0.1) is 0 Å². The number of nitrogens with zero attached hydrogens (tertiary/aromatic N) is 2. The Morgan fingerprint density at radius 1 is 1.11 bits per heavy atom. The van der Waals surface area contributed by atoms with E-state index in [1.807, 2.05) is 24.3 Å². The van der Waals surface area contributed by atoms with Gasteiger partial charge < -0.3 is 0 Å². The van der Waals surface area contributed by atoms with Gasteiger partial charge in [-0.1, -0.05) is 39.1 Å². The molecule has 2 nitrogen and oxygen atoms in total. The van der Waals surface area contributed by atoms with Crippen LogP contribution in [0.5, 0.6) is 0 Å². The quantitative estimate of drug-likeness (QED) is 0.709. The molecule has 0 N–H and O–H groups in total. The summed E-state index contributed by atoms with van der Waals surface area (Å²) in [4.78, 5) is 8.82. The van der Waals surface area contributed by atoms with Gasteiger partial charge in [0.15, 0.2) is 5.82 Å². The van der Waals surface area contributed by atoms with Gasteiger partial charge in [-0.25, -0.2) is 9.97 Å². The van der Waals surface area contributed by atoms with E-state index < -0.39 is 0 Å². The summed E-state index contributed by atoms with van der Waals surface area (Å²) in [7, 11) is 0. The number of halogens is 3. The van der Waals surface area contributed by atoms with Gasteiger partial charge in [0.1, 0.15) is 5.15 Å². The Morgan fingerprint density at radius 2 is 1.89 bits per heavy atom. The van der Waals surface area contributed by atoms with E-state index in [1.165, 1.54) is 12.8 Å². The van der Waals surface area contributed by atoms with Crippen molar-refractivity contribution in [3.8, 4) is 11.4 Å². The average Bonchev–Trinajstić information content (AvgIpc) is 3.11. The number of hydrogen-bond acceptors (Lipinski definition) is 2. The van der Waals surface area contributed by atoms with E-state index in [9.17, 15) is 0 Å². The fourth-order valence-corrected chi connectivity index (χ4v) is 2.76. The van der Waals surface area contributed by atoms with Crippen LogP contribution >= 0.6 is 39.1 Å². The van der Waals surface area contributed by atoms with Crippen LogP contribution < -0.4 is 0 Å². The SMILES string of the molecule is Clc1cc(C2CC2)nc(-c2ccc(Br)cc2Cl)n1. The summed E-state index contributed by atoms with van der Waals surface area (Å²) >= 11 is 15.6. The minimum Gasteiger partial charge on any atom is -0.233 e. The molecule has 0 radical (unpaired) electrons. The van der Waals surface area contributed by atoms with Crippen molar-refractivity contribution >= 4 is 39.1 Å². The lowest BCUT2D eigenvalue weighted by atomic mass is 10.2. The van der Waals surface area contributed by atoms with Crippen LogP contribution in [0.1, 0.15) is 24.5 Å². The number of aromatic nitrogens is 2. The molecule has 0 bridgehead atoms. The highest BCUT2D eigenvalue weighted by molar-refractivity contribution is 9.10. The molecule has 0 saturated heterocycles. The van der Waals surface area contributed by atoms with E-state index >= 15 is 0 Å². The Morgan fingerprint density at radius 3 is 2.56 bits per heavy atom. The molecule has 2 aromatic rings. The molecular formula is C13H9BrCl2N2. The monoisotopic (exact) mass is 342 g/mol. The van der Waals surface area contributed by atoms with Crippen molar-refractivity contribution in [2.75, 3.05) is 0 Å². The molecule has 1 heterocycles. The molecule has 0 amide bonds. The van der Waals surface area contributed by atoms with Gasteiger partial charge in [0.25, 0.3) is 0 Å². The minimum atomic E-state index is 0.473. The second kappa shape index (κ2) is 4.80. The predicted octanol–water partition coefficient (Wildman–Crippen LogP) is 5.09. The highest BCUT2D eigenvalue weighted by Crippen LogP contribution is 2.40. The van der Waals surface area contributed by atoms with Crippen LogP contribution in [0.4, 0.5) is 0 Å². The zero-order valence-electron chi connectivity index (χ0n) is 9.33. The third kappa shape index (κ3) is 2.53. The molecule has 1 fully saturated rings. The minimum absolute atomic E-state index is 0.473. The third-order valence-electron chi connectivity index (χ3n) is 2.88.